The fourth-order valence-electron chi connectivity index (χ4n) is 3.60. The number of nitro benzene ring substituents is 1. The number of amides is 1. The topological polar surface area (TPSA) is 197 Å². The first kappa shape index (κ1) is 25.2. The first-order valence-electron chi connectivity index (χ1n) is 11.3. The molecule has 0 aliphatic rings. The van der Waals surface area contributed by atoms with E-state index in [1.165, 1.54) is 23.0 Å². The summed E-state index contributed by atoms with van der Waals surface area (Å²) in [5.74, 6) is 0.400. The standard InChI is InChI=1S/C22H24N10O5/c1-4-30(5-2)12-17-19(25-29-31(17)21-20(23)27-37-28-21)22(33)26-24-11-15-7-9-18(36-15)16-8-6-14(32(34)35)10-13(16)3/h6-11H,4-5,12H2,1-3H3,(H2,23,27)(H,26,33)/b24-11-. The van der Waals surface area contributed by atoms with Gasteiger partial charge in [-0.3, -0.25) is 19.8 Å². The van der Waals surface area contributed by atoms with E-state index in [1.54, 1.807) is 25.1 Å². The third kappa shape index (κ3) is 5.35. The Hall–Kier alpha value is -4.92. The van der Waals surface area contributed by atoms with Crippen molar-refractivity contribution in [1.29, 1.82) is 0 Å². The van der Waals surface area contributed by atoms with Crippen LogP contribution in [0.3, 0.4) is 0 Å². The lowest BCUT2D eigenvalue weighted by Gasteiger charge is -2.18. The van der Waals surface area contributed by atoms with Crippen molar-refractivity contribution in [3.05, 3.63) is 63.2 Å². The lowest BCUT2D eigenvalue weighted by atomic mass is 10.1. The number of hydrazone groups is 1. The number of nitrogens with zero attached hydrogens (tertiary/aromatic N) is 8. The molecule has 0 unspecified atom stereocenters. The first-order chi connectivity index (χ1) is 17.8. The van der Waals surface area contributed by atoms with Crippen molar-refractivity contribution in [3.8, 4) is 17.1 Å². The molecule has 0 saturated carbocycles. The van der Waals surface area contributed by atoms with E-state index in [2.05, 4.69) is 40.7 Å². The monoisotopic (exact) mass is 508 g/mol. The van der Waals surface area contributed by atoms with Crippen molar-refractivity contribution in [1.82, 2.24) is 35.6 Å². The summed E-state index contributed by atoms with van der Waals surface area (Å²) in [6, 6.07) is 7.87. The van der Waals surface area contributed by atoms with Gasteiger partial charge in [0.25, 0.3) is 11.6 Å². The number of hydrogen-bond donors (Lipinski definition) is 2. The Balaban J connectivity index is 1.51. The van der Waals surface area contributed by atoms with E-state index in [0.717, 1.165) is 13.1 Å². The summed E-state index contributed by atoms with van der Waals surface area (Å²) in [6.07, 6.45) is 1.33. The van der Waals surface area contributed by atoms with Crippen LogP contribution < -0.4 is 11.2 Å². The van der Waals surface area contributed by atoms with Gasteiger partial charge in [0.05, 0.1) is 16.8 Å². The quantitative estimate of drug-likeness (QED) is 0.181. The number of nitro groups is 1. The molecular weight excluding hydrogens is 484 g/mol. The fourth-order valence-corrected chi connectivity index (χ4v) is 3.60. The molecule has 3 aromatic heterocycles. The third-order valence-corrected chi connectivity index (χ3v) is 5.61. The maximum atomic E-state index is 12.9. The van der Waals surface area contributed by atoms with E-state index >= 15 is 0 Å². The van der Waals surface area contributed by atoms with Gasteiger partial charge in [0.1, 0.15) is 11.5 Å². The Morgan fingerprint density at radius 1 is 1.27 bits per heavy atom. The van der Waals surface area contributed by atoms with Gasteiger partial charge in [0.2, 0.25) is 11.6 Å². The van der Waals surface area contributed by atoms with E-state index in [0.29, 0.717) is 34.9 Å². The predicted octanol–water partition coefficient (Wildman–Crippen LogP) is 2.31. The number of nitrogens with two attached hydrogens (primary N) is 1. The van der Waals surface area contributed by atoms with Crippen LogP contribution in [-0.2, 0) is 6.54 Å². The molecule has 15 nitrogen and oxygen atoms in total. The van der Waals surface area contributed by atoms with Crippen LogP contribution in [0.5, 0.6) is 0 Å². The lowest BCUT2D eigenvalue weighted by Crippen LogP contribution is -2.27. The second-order valence-corrected chi connectivity index (χ2v) is 7.89. The molecule has 0 aliphatic carbocycles. The Labute approximate surface area is 210 Å². The highest BCUT2D eigenvalue weighted by molar-refractivity contribution is 5.94. The zero-order valence-electron chi connectivity index (χ0n) is 20.3. The van der Waals surface area contributed by atoms with E-state index in [-0.39, 0.29) is 23.0 Å². The van der Waals surface area contributed by atoms with E-state index in [4.69, 9.17) is 10.2 Å². The lowest BCUT2D eigenvalue weighted by molar-refractivity contribution is -0.384. The highest BCUT2D eigenvalue weighted by Crippen LogP contribution is 2.28. The number of rotatable bonds is 10. The number of non-ortho nitro benzene ring substituents is 1. The molecule has 0 aliphatic heterocycles. The molecule has 0 saturated heterocycles. The maximum Gasteiger partial charge on any atom is 0.293 e. The largest absolute Gasteiger partial charge is 0.455 e. The Morgan fingerprint density at radius 2 is 2.05 bits per heavy atom. The van der Waals surface area contributed by atoms with Crippen molar-refractivity contribution in [3.63, 3.8) is 0 Å². The highest BCUT2D eigenvalue weighted by atomic mass is 16.6. The van der Waals surface area contributed by atoms with Crippen molar-refractivity contribution in [2.75, 3.05) is 18.8 Å². The van der Waals surface area contributed by atoms with Crippen LogP contribution in [0.1, 0.15) is 41.4 Å². The molecule has 192 valence electrons. The molecular formula is C22H24N10O5. The molecule has 0 atom stereocenters. The number of aromatic nitrogens is 5. The second-order valence-electron chi connectivity index (χ2n) is 7.89. The number of nitrogen functional groups attached to an aromatic ring is 1. The van der Waals surface area contributed by atoms with Gasteiger partial charge in [-0.15, -0.1) is 5.10 Å². The number of furan rings is 1. The summed E-state index contributed by atoms with van der Waals surface area (Å²) in [5, 5.41) is 30.2. The number of benzene rings is 1. The smallest absolute Gasteiger partial charge is 0.293 e. The molecule has 0 bridgehead atoms. The van der Waals surface area contributed by atoms with Crippen LogP contribution in [0.4, 0.5) is 11.5 Å². The average Bonchev–Trinajstić information content (AvgIpc) is 3.62. The van der Waals surface area contributed by atoms with E-state index in [9.17, 15) is 14.9 Å². The minimum atomic E-state index is -0.599. The van der Waals surface area contributed by atoms with Crippen LogP contribution in [0.25, 0.3) is 17.1 Å². The summed E-state index contributed by atoms with van der Waals surface area (Å²) in [5.41, 5.74) is 10.1. The average molecular weight is 508 g/mol. The van der Waals surface area contributed by atoms with Crippen LogP contribution in [-0.4, -0.2) is 60.3 Å². The molecule has 3 heterocycles. The molecule has 1 aromatic carbocycles. The van der Waals surface area contributed by atoms with Gasteiger partial charge in [-0.1, -0.05) is 19.1 Å². The van der Waals surface area contributed by atoms with Gasteiger partial charge in [0, 0.05) is 24.2 Å². The van der Waals surface area contributed by atoms with Gasteiger partial charge in [-0.25, -0.2) is 10.1 Å². The van der Waals surface area contributed by atoms with Crippen LogP contribution in [0, 0.1) is 17.0 Å². The van der Waals surface area contributed by atoms with E-state index in [1.807, 2.05) is 13.8 Å². The number of hydrogen-bond acceptors (Lipinski definition) is 12. The molecule has 0 radical (unpaired) electrons. The van der Waals surface area contributed by atoms with Crippen LogP contribution in [0.2, 0.25) is 0 Å². The first-order valence-corrected chi connectivity index (χ1v) is 11.3. The molecule has 37 heavy (non-hydrogen) atoms. The predicted molar refractivity (Wildman–Crippen MR) is 131 cm³/mol. The van der Waals surface area contributed by atoms with Crippen LogP contribution in [0.15, 0.2) is 44.5 Å². The van der Waals surface area contributed by atoms with E-state index < -0.39 is 10.8 Å². The molecule has 0 fully saturated rings. The van der Waals surface area contributed by atoms with Gasteiger partial charge in [0.15, 0.2) is 5.69 Å². The SMILES string of the molecule is CCN(CC)Cc1c(C(=O)N/N=C\c2ccc(-c3ccc([N+](=O)[O-])cc3C)o2)nnn1-c1nonc1N. The molecule has 0 spiro atoms. The molecule has 15 heteroatoms. The van der Waals surface area contributed by atoms with Crippen molar-refractivity contribution < 1.29 is 18.8 Å². The Morgan fingerprint density at radius 3 is 2.70 bits per heavy atom. The number of nitrogens with one attached hydrogen (secondary N) is 1. The molecule has 4 rings (SSSR count). The summed E-state index contributed by atoms with van der Waals surface area (Å²) in [6.45, 7) is 7.53. The Kier molecular flexibility index (Phi) is 7.34. The van der Waals surface area contributed by atoms with Crippen LogP contribution >= 0.6 is 0 Å². The van der Waals surface area contributed by atoms with Crippen molar-refractivity contribution in [2.45, 2.75) is 27.3 Å². The highest BCUT2D eigenvalue weighted by Gasteiger charge is 2.25. The molecule has 4 aromatic rings. The minimum absolute atomic E-state index is 0.00268. The summed E-state index contributed by atoms with van der Waals surface area (Å²) in [4.78, 5) is 25.5. The molecule has 3 N–H and O–H groups in total. The number of carbonyl (C=O) groups excluding carboxylic acids is 1. The van der Waals surface area contributed by atoms with Gasteiger partial charge >= 0.3 is 0 Å². The third-order valence-electron chi connectivity index (χ3n) is 5.61. The molecule has 1 amide bonds. The number of carbonyl (C=O) groups is 1. The summed E-state index contributed by atoms with van der Waals surface area (Å²) >= 11 is 0. The zero-order chi connectivity index (χ0) is 26.5. The van der Waals surface area contributed by atoms with Crippen molar-refractivity contribution >= 4 is 23.6 Å². The minimum Gasteiger partial charge on any atom is -0.455 e. The van der Waals surface area contributed by atoms with Gasteiger partial charge < -0.3 is 10.2 Å². The fraction of sp³-hybridized carbons (Fsp3) is 0.273. The summed E-state index contributed by atoms with van der Waals surface area (Å²) < 4.78 is 11.7. The Bertz CT molecular complexity index is 1450. The van der Waals surface area contributed by atoms with Gasteiger partial charge in [-0.05, 0) is 54.1 Å². The van der Waals surface area contributed by atoms with Gasteiger partial charge in [-0.2, -0.15) is 9.78 Å². The second kappa shape index (κ2) is 10.8. The normalized spacial score (nSPS) is 11.5. The maximum absolute atomic E-state index is 12.9. The zero-order valence-corrected chi connectivity index (χ0v) is 20.3. The number of aryl methyl sites for hydroxylation is 1. The number of anilines is 1. The van der Waals surface area contributed by atoms with Crippen molar-refractivity contribution in [2.24, 2.45) is 5.10 Å². The summed E-state index contributed by atoms with van der Waals surface area (Å²) in [7, 11) is 0.